The number of hydrogen-bond donors (Lipinski definition) is 1. The van der Waals surface area contributed by atoms with E-state index in [1.807, 2.05) is 0 Å². The lowest BCUT2D eigenvalue weighted by molar-refractivity contribution is -0.274. The second-order valence-corrected chi connectivity index (χ2v) is 11.3. The molecule has 3 aromatic rings. The average Bonchev–Trinajstić information content (AvgIpc) is 3.05. The molecule has 40 heavy (non-hydrogen) atoms. The molecule has 1 N–H and O–H groups in total. The molecule has 214 valence electrons. The highest BCUT2D eigenvalue weighted by atomic mass is 35.5. The molecule has 1 unspecified atom stereocenters. The third-order valence-electron chi connectivity index (χ3n) is 6.18. The summed E-state index contributed by atoms with van der Waals surface area (Å²) in [5.74, 6) is -1.87. The largest absolute Gasteiger partial charge is 0.573 e. The summed E-state index contributed by atoms with van der Waals surface area (Å²) in [4.78, 5) is 30.8. The van der Waals surface area contributed by atoms with E-state index in [2.05, 4.69) is 14.5 Å². The van der Waals surface area contributed by atoms with Gasteiger partial charge < -0.3 is 9.47 Å². The van der Waals surface area contributed by atoms with Gasteiger partial charge >= 0.3 is 12.1 Å². The molecule has 0 saturated carbocycles. The second kappa shape index (κ2) is 11.5. The van der Waals surface area contributed by atoms with Crippen LogP contribution in [-0.4, -0.2) is 36.9 Å². The Morgan fingerprint density at radius 1 is 1.12 bits per heavy atom. The van der Waals surface area contributed by atoms with Gasteiger partial charge in [-0.25, -0.2) is 22.5 Å². The van der Waals surface area contributed by atoms with E-state index in [4.69, 9.17) is 16.3 Å². The van der Waals surface area contributed by atoms with Crippen LogP contribution in [0.1, 0.15) is 17.5 Å². The van der Waals surface area contributed by atoms with Crippen molar-refractivity contribution in [3.05, 3.63) is 85.5 Å². The third-order valence-corrected chi connectivity index (χ3v) is 7.66. The Hall–Kier alpha value is -3.62. The molecule has 2 aromatic carbocycles. The predicted octanol–water partition coefficient (Wildman–Crippen LogP) is 3.52. The summed E-state index contributed by atoms with van der Waals surface area (Å²) in [6, 6.07) is 11.9. The summed E-state index contributed by atoms with van der Waals surface area (Å²) in [6.07, 6.45) is -4.14. The third kappa shape index (κ3) is 6.92. The second-order valence-electron chi connectivity index (χ2n) is 8.97. The van der Waals surface area contributed by atoms with Crippen LogP contribution in [0.4, 0.5) is 19.0 Å². The van der Waals surface area contributed by atoms with Crippen LogP contribution in [0.25, 0.3) is 0 Å². The van der Waals surface area contributed by atoms with E-state index in [0.717, 1.165) is 29.3 Å². The zero-order valence-corrected chi connectivity index (χ0v) is 22.8. The normalized spacial score (nSPS) is 15.7. The Morgan fingerprint density at radius 3 is 2.45 bits per heavy atom. The van der Waals surface area contributed by atoms with Crippen LogP contribution < -0.4 is 25.4 Å². The van der Waals surface area contributed by atoms with Gasteiger partial charge in [0.15, 0.2) is 5.90 Å². The zero-order valence-electron chi connectivity index (χ0n) is 21.2. The number of ether oxygens (including phenoxy) is 2. The van der Waals surface area contributed by atoms with Crippen molar-refractivity contribution < 1.29 is 31.1 Å². The first-order chi connectivity index (χ1) is 18.8. The van der Waals surface area contributed by atoms with Gasteiger partial charge in [-0.2, -0.15) is 4.99 Å². The van der Waals surface area contributed by atoms with Gasteiger partial charge in [0.2, 0.25) is 10.0 Å². The van der Waals surface area contributed by atoms with Crippen molar-refractivity contribution in [2.45, 2.75) is 31.5 Å². The molecule has 0 aliphatic carbocycles. The fourth-order valence-electron chi connectivity index (χ4n) is 4.22. The zero-order chi connectivity index (χ0) is 29.2. The maximum atomic E-state index is 13.3. The van der Waals surface area contributed by atoms with E-state index < -0.39 is 45.2 Å². The van der Waals surface area contributed by atoms with Crippen LogP contribution in [0.15, 0.2) is 63.1 Å². The summed E-state index contributed by atoms with van der Waals surface area (Å²) in [5.41, 5.74) is -0.783. The lowest BCUT2D eigenvalue weighted by Crippen LogP contribution is -2.43. The molecule has 2 heterocycles. The van der Waals surface area contributed by atoms with Crippen molar-refractivity contribution in [2.24, 2.45) is 18.0 Å². The first-order valence-corrected chi connectivity index (χ1v) is 13.9. The molecule has 1 atom stereocenters. The number of rotatable bonds is 7. The van der Waals surface area contributed by atoms with Gasteiger partial charge in [0.1, 0.15) is 23.2 Å². The summed E-state index contributed by atoms with van der Waals surface area (Å²) in [5, 5.41) is 0.524. The Labute approximate surface area is 231 Å². The van der Waals surface area contributed by atoms with Crippen LogP contribution in [0.3, 0.4) is 0 Å². The maximum Gasteiger partial charge on any atom is 0.573 e. The summed E-state index contributed by atoms with van der Waals surface area (Å²) in [7, 11) is -1.46. The number of hydrogen-bond acceptors (Lipinski definition) is 7. The van der Waals surface area contributed by atoms with E-state index in [0.29, 0.717) is 22.4 Å². The van der Waals surface area contributed by atoms with Crippen LogP contribution in [0.2, 0.25) is 5.02 Å². The number of aromatic nitrogens is 2. The highest BCUT2D eigenvalue weighted by Crippen LogP contribution is 2.31. The highest BCUT2D eigenvalue weighted by molar-refractivity contribution is 7.88. The van der Waals surface area contributed by atoms with Crippen LogP contribution in [0, 0.1) is 5.92 Å². The van der Waals surface area contributed by atoms with Gasteiger partial charge in [-0.15, -0.1) is 13.2 Å². The smallest absolute Gasteiger partial charge is 0.442 e. The Bertz CT molecular complexity index is 1670. The molecule has 10 nitrogen and oxygen atoms in total. The number of benzene rings is 2. The van der Waals surface area contributed by atoms with Crippen LogP contribution >= 0.6 is 11.6 Å². The Balaban J connectivity index is 1.81. The van der Waals surface area contributed by atoms with E-state index >= 15 is 0 Å². The van der Waals surface area contributed by atoms with Crippen molar-refractivity contribution in [1.82, 2.24) is 13.9 Å². The molecule has 1 aromatic heterocycles. The maximum absolute atomic E-state index is 13.3. The molecular formula is C25H24ClF3N4O6S. The number of alkyl halides is 3. The molecule has 1 aliphatic heterocycles. The standard InChI is InChI=1S/C25H24ClF3N4O6S/c1-30-40(36,37)14-33-23(34)20-11-8-16(12-15-6-9-17(26)10-7-15)22(31-21(20)32(2)24(33)35)38-18-4-3-5-19(13-18)39-25(27,28)29/h3-7,9-10,13,16,30H,8,11-12,14H2,1-2H3. The Kier molecular flexibility index (Phi) is 8.42. The molecule has 0 saturated heterocycles. The minimum Gasteiger partial charge on any atom is -0.442 e. The van der Waals surface area contributed by atoms with Gasteiger partial charge in [0.25, 0.3) is 5.56 Å². The lowest BCUT2D eigenvalue weighted by Gasteiger charge is -2.19. The van der Waals surface area contributed by atoms with E-state index in [9.17, 15) is 31.2 Å². The molecular weight excluding hydrogens is 577 g/mol. The average molecular weight is 601 g/mol. The number of nitrogens with one attached hydrogen (secondary N) is 1. The van der Waals surface area contributed by atoms with Gasteiger partial charge in [0.05, 0.1) is 5.56 Å². The number of nitrogens with zero attached hydrogens (tertiary/aromatic N) is 3. The van der Waals surface area contributed by atoms with Crippen molar-refractivity contribution in [1.29, 1.82) is 0 Å². The van der Waals surface area contributed by atoms with Gasteiger partial charge in [-0.1, -0.05) is 29.8 Å². The topological polar surface area (TPSA) is 121 Å². The van der Waals surface area contributed by atoms with Crippen molar-refractivity contribution in [3.8, 4) is 11.5 Å². The molecule has 0 amide bonds. The van der Waals surface area contributed by atoms with E-state index in [-0.39, 0.29) is 29.4 Å². The minimum atomic E-state index is -4.91. The first-order valence-electron chi connectivity index (χ1n) is 11.9. The fraction of sp³-hybridized carbons (Fsp3) is 0.320. The van der Waals surface area contributed by atoms with E-state index in [1.165, 1.54) is 19.2 Å². The SMILES string of the molecule is CNS(=O)(=O)Cn1c(=O)c2c(n(C)c1=O)N=C(Oc1cccc(OC(F)(F)F)c1)C(Cc1ccc(Cl)cc1)CC2. The van der Waals surface area contributed by atoms with Crippen LogP contribution in [0.5, 0.6) is 11.5 Å². The molecule has 4 rings (SSSR count). The van der Waals surface area contributed by atoms with Crippen LogP contribution in [-0.2, 0) is 35.8 Å². The number of sulfonamides is 1. The predicted molar refractivity (Wildman–Crippen MR) is 142 cm³/mol. The van der Waals surface area contributed by atoms with Crippen molar-refractivity contribution in [2.75, 3.05) is 7.05 Å². The summed E-state index contributed by atoms with van der Waals surface area (Å²) >= 11 is 6.00. The van der Waals surface area contributed by atoms with Gasteiger partial charge in [-0.05, 0) is 56.1 Å². The molecule has 15 heteroatoms. The van der Waals surface area contributed by atoms with Crippen molar-refractivity contribution >= 4 is 33.3 Å². The van der Waals surface area contributed by atoms with E-state index in [1.54, 1.807) is 24.3 Å². The molecule has 0 bridgehead atoms. The number of fused-ring (bicyclic) bond motifs is 1. The molecule has 1 aliphatic rings. The summed E-state index contributed by atoms with van der Waals surface area (Å²) < 4.78 is 76.2. The molecule has 0 fully saturated rings. The minimum absolute atomic E-state index is 0.0106. The molecule has 0 spiro atoms. The monoisotopic (exact) mass is 600 g/mol. The van der Waals surface area contributed by atoms with Crippen molar-refractivity contribution in [3.63, 3.8) is 0 Å². The first kappa shape index (κ1) is 29.4. The lowest BCUT2D eigenvalue weighted by atomic mass is 9.93. The highest BCUT2D eigenvalue weighted by Gasteiger charge is 2.32. The fourth-order valence-corrected chi connectivity index (χ4v) is 5.05. The van der Waals surface area contributed by atoms with Gasteiger partial charge in [-0.3, -0.25) is 9.36 Å². The molecule has 0 radical (unpaired) electrons. The summed E-state index contributed by atoms with van der Waals surface area (Å²) in [6.45, 7) is 0. The van der Waals surface area contributed by atoms with Gasteiger partial charge in [0, 0.05) is 24.1 Å². The quantitative estimate of drug-likeness (QED) is 0.443. The Morgan fingerprint density at radius 2 is 1.80 bits per heavy atom. The number of halogens is 4. The number of aliphatic imine (C=N–C) groups is 1.